The molecule has 2 nitrogen and oxygen atoms in total. The first-order chi connectivity index (χ1) is 7.95. The van der Waals surface area contributed by atoms with Crippen molar-refractivity contribution in [2.45, 2.75) is 13.0 Å². The molecule has 0 amide bonds. The van der Waals surface area contributed by atoms with Crippen LogP contribution in [0.1, 0.15) is 11.3 Å². The third-order valence-corrected chi connectivity index (χ3v) is 4.72. The molecule has 1 aromatic rings. The summed E-state index contributed by atoms with van der Waals surface area (Å²) in [5, 5.41) is 5.66. The Morgan fingerprint density at radius 3 is 3.19 bits per heavy atom. The first-order valence-corrected chi connectivity index (χ1v) is 8.02. The number of hydrogen-bond acceptors (Lipinski definition) is 4. The van der Waals surface area contributed by atoms with Gasteiger partial charge in [0, 0.05) is 36.8 Å². The molecule has 0 aromatic carbocycles. The van der Waals surface area contributed by atoms with Gasteiger partial charge in [-0.3, -0.25) is 0 Å². The minimum atomic E-state index is 1.03. The van der Waals surface area contributed by atoms with E-state index in [2.05, 4.69) is 39.5 Å². The largest absolute Gasteiger partial charge is 0.311 e. The van der Waals surface area contributed by atoms with E-state index >= 15 is 0 Å². The first-order valence-electron chi connectivity index (χ1n) is 5.98. The number of rotatable bonds is 5. The Labute approximate surface area is 106 Å². The lowest BCUT2D eigenvalue weighted by atomic mass is 10.4. The van der Waals surface area contributed by atoms with Crippen LogP contribution in [0.25, 0.3) is 0 Å². The van der Waals surface area contributed by atoms with Gasteiger partial charge in [-0.25, -0.2) is 0 Å². The number of thiophene rings is 1. The van der Waals surface area contributed by atoms with Gasteiger partial charge in [-0.2, -0.15) is 11.8 Å². The fourth-order valence-electron chi connectivity index (χ4n) is 1.88. The van der Waals surface area contributed by atoms with E-state index in [1.165, 1.54) is 42.4 Å². The number of hydrogen-bond donors (Lipinski definition) is 1. The zero-order valence-corrected chi connectivity index (χ0v) is 11.3. The SMILES string of the molecule is c1csc(CNCCN2CCCSCC2)c1. The van der Waals surface area contributed by atoms with Gasteiger partial charge < -0.3 is 10.2 Å². The summed E-state index contributed by atoms with van der Waals surface area (Å²) in [5.41, 5.74) is 0. The van der Waals surface area contributed by atoms with Crippen molar-refractivity contribution < 1.29 is 0 Å². The minimum Gasteiger partial charge on any atom is -0.311 e. The molecule has 0 atom stereocenters. The van der Waals surface area contributed by atoms with Crippen LogP contribution in [-0.2, 0) is 6.54 Å². The molecule has 0 saturated carbocycles. The van der Waals surface area contributed by atoms with Gasteiger partial charge >= 0.3 is 0 Å². The maximum Gasteiger partial charge on any atom is 0.0300 e. The highest BCUT2D eigenvalue weighted by Gasteiger charge is 2.07. The summed E-state index contributed by atoms with van der Waals surface area (Å²) < 4.78 is 0. The van der Waals surface area contributed by atoms with Crippen molar-refractivity contribution in [1.82, 2.24) is 10.2 Å². The Morgan fingerprint density at radius 1 is 1.31 bits per heavy atom. The fraction of sp³-hybridized carbons (Fsp3) is 0.667. The van der Waals surface area contributed by atoms with Crippen LogP contribution < -0.4 is 5.32 Å². The third kappa shape index (κ3) is 4.45. The van der Waals surface area contributed by atoms with Crippen LogP contribution in [0.4, 0.5) is 0 Å². The topological polar surface area (TPSA) is 15.3 Å². The zero-order valence-electron chi connectivity index (χ0n) is 9.65. The predicted molar refractivity (Wildman–Crippen MR) is 74.4 cm³/mol. The van der Waals surface area contributed by atoms with Gasteiger partial charge in [-0.15, -0.1) is 11.3 Å². The Bertz CT molecular complexity index is 267. The van der Waals surface area contributed by atoms with E-state index in [0.29, 0.717) is 0 Å². The molecule has 0 aliphatic carbocycles. The smallest absolute Gasteiger partial charge is 0.0300 e. The van der Waals surface area contributed by atoms with E-state index in [1.807, 2.05) is 11.3 Å². The molecule has 1 fully saturated rings. The van der Waals surface area contributed by atoms with Crippen molar-refractivity contribution in [3.05, 3.63) is 22.4 Å². The monoisotopic (exact) mass is 256 g/mol. The molecule has 0 unspecified atom stereocenters. The van der Waals surface area contributed by atoms with Crippen LogP contribution in [0.2, 0.25) is 0 Å². The Balaban J connectivity index is 1.56. The van der Waals surface area contributed by atoms with E-state index in [9.17, 15) is 0 Å². The molecule has 16 heavy (non-hydrogen) atoms. The summed E-state index contributed by atoms with van der Waals surface area (Å²) in [5.74, 6) is 2.66. The number of nitrogens with one attached hydrogen (secondary N) is 1. The molecule has 2 rings (SSSR count). The maximum absolute atomic E-state index is 3.52. The average molecular weight is 256 g/mol. The summed E-state index contributed by atoms with van der Waals surface area (Å²) in [6, 6.07) is 4.31. The van der Waals surface area contributed by atoms with Crippen LogP contribution in [0, 0.1) is 0 Å². The lowest BCUT2D eigenvalue weighted by molar-refractivity contribution is 0.294. The summed E-state index contributed by atoms with van der Waals surface area (Å²) in [6.07, 6.45) is 1.36. The standard InChI is InChI=1S/C12H20N2S2/c1-3-12(16-9-1)11-13-4-6-14-5-2-8-15-10-7-14/h1,3,9,13H,2,4-8,10-11H2. The van der Waals surface area contributed by atoms with E-state index in [4.69, 9.17) is 0 Å². The molecule has 90 valence electrons. The molecule has 2 heterocycles. The second kappa shape index (κ2) is 7.33. The molecule has 1 saturated heterocycles. The van der Waals surface area contributed by atoms with Gasteiger partial charge in [-0.1, -0.05) is 6.07 Å². The molecule has 0 bridgehead atoms. The molecule has 1 aliphatic heterocycles. The van der Waals surface area contributed by atoms with E-state index in [-0.39, 0.29) is 0 Å². The molecule has 0 spiro atoms. The predicted octanol–water partition coefficient (Wildman–Crippen LogP) is 2.28. The highest BCUT2D eigenvalue weighted by molar-refractivity contribution is 7.99. The molecular weight excluding hydrogens is 236 g/mol. The van der Waals surface area contributed by atoms with Gasteiger partial charge in [-0.05, 0) is 30.2 Å². The van der Waals surface area contributed by atoms with Gasteiger partial charge in [0.15, 0.2) is 0 Å². The Kier molecular flexibility index (Phi) is 5.69. The summed E-state index contributed by atoms with van der Waals surface area (Å²) in [4.78, 5) is 4.02. The van der Waals surface area contributed by atoms with Gasteiger partial charge in [0.1, 0.15) is 0 Å². The van der Waals surface area contributed by atoms with Gasteiger partial charge in [0.25, 0.3) is 0 Å². The van der Waals surface area contributed by atoms with Crippen LogP contribution in [-0.4, -0.2) is 42.6 Å². The molecule has 1 aliphatic rings. The average Bonchev–Trinajstić information content (AvgIpc) is 2.68. The van der Waals surface area contributed by atoms with Crippen molar-refractivity contribution in [3.63, 3.8) is 0 Å². The zero-order chi connectivity index (χ0) is 11.1. The fourth-order valence-corrected chi connectivity index (χ4v) is 3.48. The van der Waals surface area contributed by atoms with Gasteiger partial charge in [0.05, 0.1) is 0 Å². The van der Waals surface area contributed by atoms with Crippen molar-refractivity contribution in [2.24, 2.45) is 0 Å². The third-order valence-electron chi connectivity index (χ3n) is 2.80. The molecule has 1 aromatic heterocycles. The second-order valence-electron chi connectivity index (χ2n) is 4.06. The highest BCUT2D eigenvalue weighted by atomic mass is 32.2. The van der Waals surface area contributed by atoms with Crippen molar-refractivity contribution in [3.8, 4) is 0 Å². The second-order valence-corrected chi connectivity index (χ2v) is 6.32. The van der Waals surface area contributed by atoms with E-state index in [0.717, 1.165) is 13.1 Å². The molecular formula is C12H20N2S2. The van der Waals surface area contributed by atoms with Crippen LogP contribution in [0.15, 0.2) is 17.5 Å². The van der Waals surface area contributed by atoms with E-state index < -0.39 is 0 Å². The minimum absolute atomic E-state index is 1.03. The quantitative estimate of drug-likeness (QED) is 0.814. The summed E-state index contributed by atoms with van der Waals surface area (Å²) in [7, 11) is 0. The molecule has 4 heteroatoms. The van der Waals surface area contributed by atoms with Crippen LogP contribution >= 0.6 is 23.1 Å². The molecule has 1 N–H and O–H groups in total. The summed E-state index contributed by atoms with van der Waals surface area (Å²) in [6.45, 7) is 5.90. The van der Waals surface area contributed by atoms with E-state index in [1.54, 1.807) is 0 Å². The van der Waals surface area contributed by atoms with Crippen molar-refractivity contribution >= 4 is 23.1 Å². The van der Waals surface area contributed by atoms with Crippen LogP contribution in [0.5, 0.6) is 0 Å². The first kappa shape index (κ1) is 12.4. The van der Waals surface area contributed by atoms with Crippen molar-refractivity contribution in [2.75, 3.05) is 37.7 Å². The number of nitrogens with zero attached hydrogens (tertiary/aromatic N) is 1. The summed E-state index contributed by atoms with van der Waals surface area (Å²) >= 11 is 3.93. The normalized spacial score (nSPS) is 18.5. The van der Waals surface area contributed by atoms with Crippen molar-refractivity contribution in [1.29, 1.82) is 0 Å². The Morgan fingerprint density at radius 2 is 2.31 bits per heavy atom. The Hall–Kier alpha value is -0.0300. The lowest BCUT2D eigenvalue weighted by Crippen LogP contribution is -2.33. The lowest BCUT2D eigenvalue weighted by Gasteiger charge is -2.19. The van der Waals surface area contributed by atoms with Crippen LogP contribution in [0.3, 0.4) is 0 Å². The maximum atomic E-state index is 3.52. The highest BCUT2D eigenvalue weighted by Crippen LogP contribution is 2.09. The molecule has 0 radical (unpaired) electrons. The van der Waals surface area contributed by atoms with Gasteiger partial charge in [0.2, 0.25) is 0 Å². The number of thioether (sulfide) groups is 1.